The minimum atomic E-state index is -3.79. The number of imidazole rings is 1. The molecule has 21 heavy (non-hydrogen) atoms. The normalized spacial score (nSPS) is 12.0. The lowest BCUT2D eigenvalue weighted by Gasteiger charge is -2.05. The summed E-state index contributed by atoms with van der Waals surface area (Å²) in [5.74, 6) is -0.0327. The predicted molar refractivity (Wildman–Crippen MR) is 76.8 cm³/mol. The van der Waals surface area contributed by atoms with E-state index >= 15 is 0 Å². The molecule has 9 heteroatoms. The number of pyridine rings is 1. The molecule has 0 aliphatic heterocycles. The Kier molecular flexibility index (Phi) is 3.15. The molecule has 0 fully saturated rings. The molecule has 0 radical (unpaired) electrons. The number of sulfonamides is 1. The van der Waals surface area contributed by atoms with Gasteiger partial charge < -0.3 is 5.73 Å². The van der Waals surface area contributed by atoms with E-state index in [0.717, 1.165) is 0 Å². The van der Waals surface area contributed by atoms with Gasteiger partial charge >= 0.3 is 0 Å². The fourth-order valence-electron chi connectivity index (χ4n) is 2.05. The monoisotopic (exact) mass is 306 g/mol. The second-order valence-corrected chi connectivity index (χ2v) is 6.22. The maximum Gasteiger partial charge on any atom is 0.260 e. The fraction of sp³-hybridized carbons (Fsp3) is 0.167. The molecular formula is C12H14N6O2S. The minimum absolute atomic E-state index is 0.0327. The Bertz CT molecular complexity index is 896. The highest BCUT2D eigenvalue weighted by Gasteiger charge is 2.23. The molecule has 0 unspecified atom stereocenters. The van der Waals surface area contributed by atoms with Crippen molar-refractivity contribution < 1.29 is 8.42 Å². The van der Waals surface area contributed by atoms with E-state index < -0.39 is 10.0 Å². The van der Waals surface area contributed by atoms with E-state index in [1.165, 1.54) is 4.40 Å². The largest absolute Gasteiger partial charge is 0.381 e. The minimum Gasteiger partial charge on any atom is -0.381 e. The second kappa shape index (κ2) is 4.86. The quantitative estimate of drug-likeness (QED) is 0.712. The highest BCUT2D eigenvalue weighted by atomic mass is 32.2. The van der Waals surface area contributed by atoms with Gasteiger partial charge in [0.15, 0.2) is 10.8 Å². The Morgan fingerprint density at radius 2 is 2.10 bits per heavy atom. The molecule has 0 aliphatic rings. The smallest absolute Gasteiger partial charge is 0.260 e. The van der Waals surface area contributed by atoms with Gasteiger partial charge in [-0.3, -0.25) is 9.08 Å². The van der Waals surface area contributed by atoms with Crippen molar-refractivity contribution >= 4 is 21.5 Å². The Balaban J connectivity index is 1.95. The van der Waals surface area contributed by atoms with Crippen LogP contribution in [0.15, 0.2) is 41.7 Å². The maximum atomic E-state index is 12.4. The summed E-state index contributed by atoms with van der Waals surface area (Å²) >= 11 is 0. The summed E-state index contributed by atoms with van der Waals surface area (Å²) in [5, 5.41) is 4.05. The standard InChI is InChI=1S/C12H14N6O2S/c1-17-7-5-9(16-17)8-14-21(19,20)12-11(13)15-10-4-2-3-6-18(10)12/h2-7,14H,8,13H2,1H3. The predicted octanol–water partition coefficient (Wildman–Crippen LogP) is 0.128. The van der Waals surface area contributed by atoms with Gasteiger partial charge in [-0.05, 0) is 18.2 Å². The average molecular weight is 306 g/mol. The van der Waals surface area contributed by atoms with Crippen molar-refractivity contribution in [3.63, 3.8) is 0 Å². The Labute approximate surface area is 121 Å². The third-order valence-electron chi connectivity index (χ3n) is 2.98. The molecule has 3 aromatic heterocycles. The van der Waals surface area contributed by atoms with Crippen molar-refractivity contribution in [2.75, 3.05) is 5.73 Å². The van der Waals surface area contributed by atoms with Crippen molar-refractivity contribution in [3.05, 3.63) is 42.4 Å². The molecular weight excluding hydrogens is 292 g/mol. The molecule has 3 N–H and O–H groups in total. The summed E-state index contributed by atoms with van der Waals surface area (Å²) in [6.45, 7) is 0.0860. The first-order valence-corrected chi connectivity index (χ1v) is 7.66. The number of aryl methyl sites for hydroxylation is 1. The van der Waals surface area contributed by atoms with Gasteiger partial charge in [0.05, 0.1) is 12.2 Å². The first kappa shape index (κ1) is 13.6. The van der Waals surface area contributed by atoms with Crippen molar-refractivity contribution in [3.8, 4) is 0 Å². The topological polar surface area (TPSA) is 107 Å². The van der Waals surface area contributed by atoms with Gasteiger partial charge in [-0.15, -0.1) is 0 Å². The van der Waals surface area contributed by atoms with Crippen molar-refractivity contribution in [1.29, 1.82) is 0 Å². The van der Waals surface area contributed by atoms with Crippen molar-refractivity contribution in [2.24, 2.45) is 7.05 Å². The highest BCUT2D eigenvalue weighted by Crippen LogP contribution is 2.19. The van der Waals surface area contributed by atoms with Crippen molar-refractivity contribution in [2.45, 2.75) is 11.6 Å². The molecule has 110 valence electrons. The molecule has 0 saturated heterocycles. The molecule has 0 saturated carbocycles. The van der Waals surface area contributed by atoms with Crippen LogP contribution in [0.2, 0.25) is 0 Å². The van der Waals surface area contributed by atoms with Gasteiger partial charge in [-0.25, -0.2) is 18.1 Å². The first-order valence-electron chi connectivity index (χ1n) is 6.18. The van der Waals surface area contributed by atoms with Crippen LogP contribution < -0.4 is 10.5 Å². The molecule has 0 atom stereocenters. The number of aromatic nitrogens is 4. The molecule has 3 rings (SSSR count). The van der Waals surface area contributed by atoms with Crippen LogP contribution >= 0.6 is 0 Å². The molecule has 0 bridgehead atoms. The fourth-order valence-corrected chi connectivity index (χ4v) is 3.26. The Morgan fingerprint density at radius 3 is 2.81 bits per heavy atom. The highest BCUT2D eigenvalue weighted by molar-refractivity contribution is 7.89. The molecule has 3 heterocycles. The van der Waals surface area contributed by atoms with E-state index in [2.05, 4.69) is 14.8 Å². The van der Waals surface area contributed by atoms with Crippen LogP contribution in [0.5, 0.6) is 0 Å². The average Bonchev–Trinajstić information content (AvgIpc) is 2.99. The molecule has 8 nitrogen and oxygen atoms in total. The maximum absolute atomic E-state index is 12.4. The number of hydrogen-bond donors (Lipinski definition) is 2. The van der Waals surface area contributed by atoms with Gasteiger partial charge in [0.25, 0.3) is 10.0 Å². The number of nitrogens with zero attached hydrogens (tertiary/aromatic N) is 4. The van der Waals surface area contributed by atoms with Crippen LogP contribution in [-0.2, 0) is 23.6 Å². The number of nitrogen functional groups attached to an aromatic ring is 1. The summed E-state index contributed by atoms with van der Waals surface area (Å²) in [6, 6.07) is 6.90. The summed E-state index contributed by atoms with van der Waals surface area (Å²) in [7, 11) is -2.02. The SMILES string of the molecule is Cn1ccc(CNS(=O)(=O)c2c(N)nc3ccccn23)n1. The Morgan fingerprint density at radius 1 is 1.29 bits per heavy atom. The van der Waals surface area contributed by atoms with E-state index in [1.54, 1.807) is 48.4 Å². The lowest BCUT2D eigenvalue weighted by molar-refractivity contribution is 0.575. The molecule has 0 spiro atoms. The van der Waals surface area contributed by atoms with E-state index in [9.17, 15) is 8.42 Å². The molecule has 3 aromatic rings. The second-order valence-electron chi connectivity index (χ2n) is 4.54. The van der Waals surface area contributed by atoms with Crippen molar-refractivity contribution in [1.82, 2.24) is 23.9 Å². The van der Waals surface area contributed by atoms with Gasteiger partial charge in [0.1, 0.15) is 5.65 Å². The zero-order valence-electron chi connectivity index (χ0n) is 11.3. The Hall–Kier alpha value is -2.39. The van der Waals surface area contributed by atoms with Crippen LogP contribution in [0.1, 0.15) is 5.69 Å². The van der Waals surface area contributed by atoms with E-state index in [4.69, 9.17) is 5.73 Å². The van der Waals surface area contributed by atoms with Gasteiger partial charge in [-0.2, -0.15) is 5.10 Å². The summed E-state index contributed by atoms with van der Waals surface area (Å²) in [6.07, 6.45) is 3.35. The zero-order valence-corrected chi connectivity index (χ0v) is 12.1. The third kappa shape index (κ3) is 2.48. The van der Waals surface area contributed by atoms with Crippen LogP contribution in [0.4, 0.5) is 5.82 Å². The zero-order chi connectivity index (χ0) is 15.0. The summed E-state index contributed by atoms with van der Waals surface area (Å²) in [5.41, 5.74) is 6.84. The van der Waals surface area contributed by atoms with Crippen LogP contribution in [0.3, 0.4) is 0 Å². The van der Waals surface area contributed by atoms with Crippen LogP contribution in [0.25, 0.3) is 5.65 Å². The number of fused-ring (bicyclic) bond motifs is 1. The number of nitrogens with two attached hydrogens (primary N) is 1. The van der Waals surface area contributed by atoms with Gasteiger partial charge in [-0.1, -0.05) is 6.07 Å². The lowest BCUT2D eigenvalue weighted by Crippen LogP contribution is -2.25. The molecule has 0 aromatic carbocycles. The molecule has 0 aliphatic carbocycles. The van der Waals surface area contributed by atoms with E-state index in [1.807, 2.05) is 0 Å². The number of rotatable bonds is 4. The number of nitrogens with one attached hydrogen (secondary N) is 1. The number of anilines is 1. The van der Waals surface area contributed by atoms with E-state index in [-0.39, 0.29) is 17.4 Å². The van der Waals surface area contributed by atoms with E-state index in [0.29, 0.717) is 11.3 Å². The van der Waals surface area contributed by atoms with Gasteiger partial charge in [0, 0.05) is 19.4 Å². The van der Waals surface area contributed by atoms with Crippen LogP contribution in [0, 0.1) is 0 Å². The van der Waals surface area contributed by atoms with Gasteiger partial charge in [0.2, 0.25) is 0 Å². The summed E-state index contributed by atoms with van der Waals surface area (Å²) in [4.78, 5) is 4.04. The first-order chi connectivity index (χ1) is 9.97. The summed E-state index contributed by atoms with van der Waals surface area (Å²) < 4.78 is 30.4. The van der Waals surface area contributed by atoms with Crippen LogP contribution in [-0.4, -0.2) is 27.6 Å². The number of hydrogen-bond acceptors (Lipinski definition) is 5. The molecule has 0 amide bonds. The third-order valence-corrected chi connectivity index (χ3v) is 4.42. The lowest BCUT2D eigenvalue weighted by atomic mass is 10.4.